The van der Waals surface area contributed by atoms with E-state index in [1.807, 2.05) is 12.1 Å². The average molecular weight is 509 g/mol. The number of nitrogens with one attached hydrogen (secondary N) is 2. The van der Waals surface area contributed by atoms with E-state index in [0.29, 0.717) is 34.9 Å². The molecule has 3 heterocycles. The first-order chi connectivity index (χ1) is 18.1. The lowest BCUT2D eigenvalue weighted by Crippen LogP contribution is -2.48. The van der Waals surface area contributed by atoms with Crippen LogP contribution >= 0.6 is 0 Å². The number of rotatable bonds is 6. The van der Waals surface area contributed by atoms with Crippen LogP contribution in [0.2, 0.25) is 0 Å². The molecule has 196 valence electrons. The maximum absolute atomic E-state index is 12.9. The summed E-state index contributed by atoms with van der Waals surface area (Å²) in [6.07, 6.45) is 5.29. The van der Waals surface area contributed by atoms with Crippen molar-refractivity contribution in [2.75, 3.05) is 18.7 Å². The predicted molar refractivity (Wildman–Crippen MR) is 134 cm³/mol. The monoisotopic (exact) mass is 508 g/mol. The number of anilines is 1. The van der Waals surface area contributed by atoms with Crippen LogP contribution in [0.25, 0.3) is 0 Å². The summed E-state index contributed by atoms with van der Waals surface area (Å²) >= 11 is 0. The first kappa shape index (κ1) is 24.1. The van der Waals surface area contributed by atoms with E-state index in [0.717, 1.165) is 31.2 Å². The van der Waals surface area contributed by atoms with Gasteiger partial charge in [0.25, 0.3) is 5.91 Å². The van der Waals surface area contributed by atoms with Crippen molar-refractivity contribution in [3.8, 4) is 17.2 Å². The molecule has 37 heavy (non-hydrogen) atoms. The van der Waals surface area contributed by atoms with Crippen molar-refractivity contribution in [2.45, 2.75) is 75.2 Å². The van der Waals surface area contributed by atoms with Crippen LogP contribution in [0.15, 0.2) is 36.4 Å². The molecular weight excluding hydrogens is 476 g/mol. The minimum atomic E-state index is -0.523. The maximum atomic E-state index is 12.9. The van der Waals surface area contributed by atoms with Crippen LogP contribution in [-0.2, 0) is 9.53 Å². The zero-order valence-electron chi connectivity index (χ0n) is 20.6. The topological polar surface area (TPSA) is 115 Å². The summed E-state index contributed by atoms with van der Waals surface area (Å²) in [4.78, 5) is 25.6. The van der Waals surface area contributed by atoms with Gasteiger partial charge in [-0.05, 0) is 55.7 Å². The molecular formula is C28H32N2O7. The third-order valence-corrected chi connectivity index (χ3v) is 7.78. The van der Waals surface area contributed by atoms with Crippen LogP contribution in [-0.4, -0.2) is 54.7 Å². The van der Waals surface area contributed by atoms with E-state index >= 15 is 0 Å². The second kappa shape index (κ2) is 10.2. The first-order valence-electron chi connectivity index (χ1n) is 13.1. The standard InChI is InChI=1S/C28H32N2O7/c31-14-25-27-21(12-19(36-25)13-26(32)29-17-4-2-1-3-5-17)20-11-18(7-9-22(20)37-27)30-28(33)16-6-8-23-24(10-16)35-15-34-23/h6-11,17,19,21,25,27,31H,1-5,12-15H2,(H,29,32)(H,30,33)/t19-,21+,25+,27-/m1/s1. The largest absolute Gasteiger partial charge is 0.487 e. The van der Waals surface area contributed by atoms with Crippen molar-refractivity contribution in [2.24, 2.45) is 0 Å². The highest BCUT2D eigenvalue weighted by atomic mass is 16.7. The Bertz CT molecular complexity index is 1180. The van der Waals surface area contributed by atoms with Crippen molar-refractivity contribution >= 4 is 17.5 Å². The van der Waals surface area contributed by atoms with Crippen molar-refractivity contribution in [1.82, 2.24) is 5.32 Å². The molecule has 1 aliphatic carbocycles. The van der Waals surface area contributed by atoms with Gasteiger partial charge >= 0.3 is 0 Å². The van der Waals surface area contributed by atoms with E-state index in [4.69, 9.17) is 18.9 Å². The molecule has 0 unspecified atom stereocenters. The smallest absolute Gasteiger partial charge is 0.255 e. The number of ether oxygens (including phenoxy) is 4. The Labute approximate surface area is 215 Å². The molecule has 0 aromatic heterocycles. The van der Waals surface area contributed by atoms with E-state index in [1.54, 1.807) is 24.3 Å². The molecule has 3 aliphatic heterocycles. The molecule has 2 aromatic rings. The van der Waals surface area contributed by atoms with E-state index in [1.165, 1.54) is 6.42 Å². The minimum absolute atomic E-state index is 0.00378. The molecule has 1 saturated carbocycles. The van der Waals surface area contributed by atoms with Crippen LogP contribution in [0.4, 0.5) is 5.69 Å². The van der Waals surface area contributed by atoms with Gasteiger partial charge in [-0.3, -0.25) is 9.59 Å². The van der Waals surface area contributed by atoms with Gasteiger partial charge in [0.15, 0.2) is 11.5 Å². The summed E-state index contributed by atoms with van der Waals surface area (Å²) in [5.41, 5.74) is 2.06. The highest BCUT2D eigenvalue weighted by molar-refractivity contribution is 6.04. The number of carbonyl (C=O) groups is 2. The van der Waals surface area contributed by atoms with Crippen LogP contribution in [0, 0.1) is 0 Å². The molecule has 2 amide bonds. The lowest BCUT2D eigenvalue weighted by molar-refractivity contribution is -0.142. The number of fused-ring (bicyclic) bond motifs is 4. The lowest BCUT2D eigenvalue weighted by atomic mass is 9.84. The number of hydrogen-bond acceptors (Lipinski definition) is 7. The van der Waals surface area contributed by atoms with Gasteiger partial charge in [0.05, 0.1) is 19.1 Å². The Morgan fingerprint density at radius 3 is 2.62 bits per heavy atom. The van der Waals surface area contributed by atoms with Crippen LogP contribution in [0.1, 0.15) is 66.8 Å². The molecule has 9 nitrogen and oxygen atoms in total. The molecule has 4 aliphatic rings. The zero-order valence-corrected chi connectivity index (χ0v) is 20.6. The number of benzene rings is 2. The summed E-state index contributed by atoms with van der Waals surface area (Å²) < 4.78 is 23.0. The van der Waals surface area contributed by atoms with E-state index in [9.17, 15) is 14.7 Å². The molecule has 9 heteroatoms. The second-order valence-corrected chi connectivity index (χ2v) is 10.3. The molecule has 4 atom stereocenters. The molecule has 6 rings (SSSR count). The highest BCUT2D eigenvalue weighted by Crippen LogP contribution is 2.47. The fourth-order valence-corrected chi connectivity index (χ4v) is 5.95. The fraction of sp³-hybridized carbons (Fsp3) is 0.500. The third kappa shape index (κ3) is 4.98. The van der Waals surface area contributed by atoms with Crippen LogP contribution in [0.3, 0.4) is 0 Å². The second-order valence-electron chi connectivity index (χ2n) is 10.3. The Hall–Kier alpha value is -3.30. The summed E-state index contributed by atoms with van der Waals surface area (Å²) in [7, 11) is 0. The van der Waals surface area contributed by atoms with Gasteiger partial charge in [0.2, 0.25) is 12.7 Å². The molecule has 3 N–H and O–H groups in total. The third-order valence-electron chi connectivity index (χ3n) is 7.78. The van der Waals surface area contributed by atoms with Gasteiger partial charge in [-0.25, -0.2) is 0 Å². The van der Waals surface area contributed by atoms with Crippen molar-refractivity contribution in [3.05, 3.63) is 47.5 Å². The number of carbonyl (C=O) groups excluding carboxylic acids is 2. The number of aliphatic hydroxyl groups excluding tert-OH is 1. The molecule has 0 spiro atoms. The van der Waals surface area contributed by atoms with Crippen LogP contribution in [0.5, 0.6) is 17.2 Å². The minimum Gasteiger partial charge on any atom is -0.487 e. The van der Waals surface area contributed by atoms with Gasteiger partial charge in [-0.15, -0.1) is 0 Å². The number of hydrogen-bond donors (Lipinski definition) is 3. The molecule has 0 radical (unpaired) electrons. The summed E-state index contributed by atoms with van der Waals surface area (Å²) in [6, 6.07) is 10.9. The normalized spacial score (nSPS) is 26.1. The van der Waals surface area contributed by atoms with Gasteiger partial charge in [0, 0.05) is 28.8 Å². The quantitative estimate of drug-likeness (QED) is 0.547. The first-order valence-corrected chi connectivity index (χ1v) is 13.1. The summed E-state index contributed by atoms with van der Waals surface area (Å²) in [5, 5.41) is 16.1. The van der Waals surface area contributed by atoms with Crippen molar-refractivity contribution in [3.63, 3.8) is 0 Å². The number of aliphatic hydroxyl groups is 1. The average Bonchev–Trinajstić information content (AvgIpc) is 3.53. The van der Waals surface area contributed by atoms with Gasteiger partial charge in [-0.1, -0.05) is 19.3 Å². The Morgan fingerprint density at radius 2 is 1.78 bits per heavy atom. The Balaban J connectivity index is 1.14. The molecule has 0 bridgehead atoms. The highest BCUT2D eigenvalue weighted by Gasteiger charge is 2.46. The van der Waals surface area contributed by atoms with E-state index < -0.39 is 6.10 Å². The summed E-state index contributed by atoms with van der Waals surface area (Å²) in [5.74, 6) is 1.58. The Morgan fingerprint density at radius 1 is 0.973 bits per heavy atom. The Kier molecular flexibility index (Phi) is 6.65. The number of amides is 2. The van der Waals surface area contributed by atoms with Crippen molar-refractivity contribution in [1.29, 1.82) is 0 Å². The molecule has 1 saturated heterocycles. The maximum Gasteiger partial charge on any atom is 0.255 e. The molecule has 2 fully saturated rings. The SMILES string of the molecule is O=C(C[C@H]1C[C@H]2c3cc(NC(=O)c4ccc5c(c4)OCO5)ccc3O[C@H]2[C@H](CO)O1)NC1CCCCC1. The summed E-state index contributed by atoms with van der Waals surface area (Å²) in [6.45, 7) is -0.0425. The van der Waals surface area contributed by atoms with E-state index in [2.05, 4.69) is 10.6 Å². The fourth-order valence-electron chi connectivity index (χ4n) is 5.95. The van der Waals surface area contributed by atoms with Gasteiger partial charge < -0.3 is 34.7 Å². The van der Waals surface area contributed by atoms with E-state index in [-0.39, 0.29) is 55.8 Å². The predicted octanol–water partition coefficient (Wildman–Crippen LogP) is 3.50. The van der Waals surface area contributed by atoms with Gasteiger partial charge in [-0.2, -0.15) is 0 Å². The molecule has 2 aromatic carbocycles. The van der Waals surface area contributed by atoms with Gasteiger partial charge in [0.1, 0.15) is 18.0 Å². The van der Waals surface area contributed by atoms with Crippen molar-refractivity contribution < 1.29 is 33.6 Å². The zero-order chi connectivity index (χ0) is 25.4. The van der Waals surface area contributed by atoms with Crippen LogP contribution < -0.4 is 24.8 Å². The lowest BCUT2D eigenvalue weighted by Gasteiger charge is -2.37.